The molecule has 0 bridgehead atoms. The van der Waals surface area contributed by atoms with Crippen LogP contribution in [0.5, 0.6) is 0 Å². The highest BCUT2D eigenvalue weighted by atomic mass is 16.4. The minimum atomic E-state index is -0.600. The van der Waals surface area contributed by atoms with Crippen molar-refractivity contribution in [2.45, 2.75) is 51.4 Å². The predicted octanol–water partition coefficient (Wildman–Crippen LogP) is 2.40. The first-order chi connectivity index (χ1) is 7.24. The van der Waals surface area contributed by atoms with Gasteiger partial charge in [-0.3, -0.25) is 4.79 Å². The highest BCUT2D eigenvalue weighted by molar-refractivity contribution is 5.69. The Bertz CT molecular complexity index is 186. The second-order valence-corrected chi connectivity index (χ2v) is 4.69. The van der Waals surface area contributed by atoms with E-state index in [9.17, 15) is 4.79 Å². The topological polar surface area (TPSA) is 63.3 Å². The number of nitrogens with two attached hydrogens (primary N) is 1. The van der Waals surface area contributed by atoms with E-state index < -0.39 is 5.97 Å². The van der Waals surface area contributed by atoms with Crippen molar-refractivity contribution in [3.63, 3.8) is 0 Å². The molecule has 1 fully saturated rings. The van der Waals surface area contributed by atoms with Gasteiger partial charge in [0.1, 0.15) is 0 Å². The van der Waals surface area contributed by atoms with E-state index in [1.54, 1.807) is 0 Å². The fourth-order valence-electron chi connectivity index (χ4n) is 2.45. The Labute approximate surface area is 92.0 Å². The minimum absolute atomic E-state index is 0.0645. The Morgan fingerprint density at radius 1 is 1.13 bits per heavy atom. The van der Waals surface area contributed by atoms with Crippen LogP contribution in [0.15, 0.2) is 0 Å². The minimum Gasteiger partial charge on any atom is -0.481 e. The van der Waals surface area contributed by atoms with Crippen LogP contribution < -0.4 is 5.73 Å². The molecular weight excluding hydrogens is 190 g/mol. The molecule has 0 radical (unpaired) electrons. The highest BCUT2D eigenvalue weighted by Crippen LogP contribution is 2.31. The lowest BCUT2D eigenvalue weighted by Crippen LogP contribution is -2.21. The van der Waals surface area contributed by atoms with E-state index in [0.717, 1.165) is 44.6 Å². The average Bonchev–Trinajstić information content (AvgIpc) is 2.25. The monoisotopic (exact) mass is 213 g/mol. The SMILES string of the molecule is NCCCCCC1CCC(C(=O)O)CC1. The van der Waals surface area contributed by atoms with Gasteiger partial charge >= 0.3 is 5.97 Å². The lowest BCUT2D eigenvalue weighted by molar-refractivity contribution is -0.143. The summed E-state index contributed by atoms with van der Waals surface area (Å²) in [5, 5.41) is 8.86. The fraction of sp³-hybridized carbons (Fsp3) is 0.917. The number of aliphatic carboxylic acids is 1. The second kappa shape index (κ2) is 6.83. The number of carboxylic acid groups (broad SMARTS) is 1. The van der Waals surface area contributed by atoms with Crippen molar-refractivity contribution in [1.82, 2.24) is 0 Å². The number of carboxylic acids is 1. The molecular formula is C12H23NO2. The lowest BCUT2D eigenvalue weighted by atomic mass is 9.80. The quantitative estimate of drug-likeness (QED) is 0.666. The Balaban J connectivity index is 2.07. The van der Waals surface area contributed by atoms with E-state index in [2.05, 4.69) is 0 Å². The number of carbonyl (C=O) groups is 1. The molecule has 15 heavy (non-hydrogen) atoms. The van der Waals surface area contributed by atoms with Crippen molar-refractivity contribution in [2.75, 3.05) is 6.54 Å². The summed E-state index contributed by atoms with van der Waals surface area (Å²) in [5.74, 6) is 0.111. The van der Waals surface area contributed by atoms with Crippen LogP contribution in [0.4, 0.5) is 0 Å². The van der Waals surface area contributed by atoms with Crippen LogP contribution in [0.1, 0.15) is 51.4 Å². The maximum absolute atomic E-state index is 10.7. The van der Waals surface area contributed by atoms with Gasteiger partial charge in [0.25, 0.3) is 0 Å². The summed E-state index contributed by atoms with van der Waals surface area (Å²) < 4.78 is 0. The standard InChI is InChI=1S/C12H23NO2/c13-9-3-1-2-4-10-5-7-11(8-6-10)12(14)15/h10-11H,1-9,13H2,(H,14,15). The predicted molar refractivity (Wildman–Crippen MR) is 60.6 cm³/mol. The van der Waals surface area contributed by atoms with Crippen molar-refractivity contribution in [2.24, 2.45) is 17.6 Å². The number of unbranched alkanes of at least 4 members (excludes halogenated alkanes) is 2. The zero-order chi connectivity index (χ0) is 11.1. The van der Waals surface area contributed by atoms with Crippen molar-refractivity contribution in [3.8, 4) is 0 Å². The number of rotatable bonds is 6. The molecule has 0 aromatic heterocycles. The zero-order valence-corrected chi connectivity index (χ0v) is 9.45. The molecule has 3 nitrogen and oxygen atoms in total. The van der Waals surface area contributed by atoms with Gasteiger partial charge in [0.05, 0.1) is 5.92 Å². The molecule has 0 amide bonds. The van der Waals surface area contributed by atoms with Gasteiger partial charge < -0.3 is 10.8 Å². The first-order valence-electron chi connectivity index (χ1n) is 6.17. The molecule has 1 aliphatic carbocycles. The van der Waals surface area contributed by atoms with Crippen molar-refractivity contribution in [3.05, 3.63) is 0 Å². The van der Waals surface area contributed by atoms with Gasteiger partial charge in [-0.15, -0.1) is 0 Å². The van der Waals surface area contributed by atoms with Crippen LogP contribution >= 0.6 is 0 Å². The van der Waals surface area contributed by atoms with E-state index in [4.69, 9.17) is 10.8 Å². The Hall–Kier alpha value is -0.570. The first-order valence-corrected chi connectivity index (χ1v) is 6.17. The zero-order valence-electron chi connectivity index (χ0n) is 9.45. The molecule has 1 saturated carbocycles. The fourth-order valence-corrected chi connectivity index (χ4v) is 2.45. The van der Waals surface area contributed by atoms with Gasteiger partial charge in [-0.1, -0.05) is 19.3 Å². The van der Waals surface area contributed by atoms with Crippen molar-refractivity contribution < 1.29 is 9.90 Å². The third kappa shape index (κ3) is 4.65. The third-order valence-corrected chi connectivity index (χ3v) is 3.51. The number of hydrogen-bond donors (Lipinski definition) is 2. The summed E-state index contributed by atoms with van der Waals surface area (Å²) in [7, 11) is 0. The van der Waals surface area contributed by atoms with E-state index >= 15 is 0 Å². The van der Waals surface area contributed by atoms with E-state index in [1.807, 2.05) is 0 Å². The maximum Gasteiger partial charge on any atom is 0.306 e. The number of hydrogen-bond acceptors (Lipinski definition) is 2. The van der Waals surface area contributed by atoms with Gasteiger partial charge in [0, 0.05) is 0 Å². The Morgan fingerprint density at radius 2 is 1.80 bits per heavy atom. The average molecular weight is 213 g/mol. The largest absolute Gasteiger partial charge is 0.481 e. The van der Waals surface area contributed by atoms with Crippen LogP contribution in [0.3, 0.4) is 0 Å². The molecule has 1 aliphatic rings. The summed E-state index contributed by atoms with van der Waals surface area (Å²) in [6, 6.07) is 0. The third-order valence-electron chi connectivity index (χ3n) is 3.51. The van der Waals surface area contributed by atoms with E-state index in [0.29, 0.717) is 0 Å². The smallest absolute Gasteiger partial charge is 0.306 e. The Kier molecular flexibility index (Phi) is 5.69. The molecule has 0 unspecified atom stereocenters. The molecule has 0 aromatic carbocycles. The summed E-state index contributed by atoms with van der Waals surface area (Å²) in [4.78, 5) is 10.7. The normalized spacial score (nSPS) is 26.5. The summed E-state index contributed by atoms with van der Waals surface area (Å²) in [6.07, 6.45) is 8.89. The second-order valence-electron chi connectivity index (χ2n) is 4.69. The molecule has 0 aromatic rings. The summed E-state index contributed by atoms with van der Waals surface area (Å²) >= 11 is 0. The van der Waals surface area contributed by atoms with Gasteiger partial charge in [-0.25, -0.2) is 0 Å². The van der Waals surface area contributed by atoms with Crippen LogP contribution in [-0.2, 0) is 4.79 Å². The van der Waals surface area contributed by atoms with Gasteiger partial charge in [-0.05, 0) is 44.6 Å². The van der Waals surface area contributed by atoms with Crippen LogP contribution in [-0.4, -0.2) is 17.6 Å². The van der Waals surface area contributed by atoms with Gasteiger partial charge in [0.15, 0.2) is 0 Å². The summed E-state index contributed by atoms with van der Waals surface area (Å²) in [5.41, 5.74) is 5.43. The van der Waals surface area contributed by atoms with Gasteiger partial charge in [0.2, 0.25) is 0 Å². The van der Waals surface area contributed by atoms with Crippen molar-refractivity contribution >= 4 is 5.97 Å². The van der Waals surface area contributed by atoms with Crippen LogP contribution in [0.2, 0.25) is 0 Å². The highest BCUT2D eigenvalue weighted by Gasteiger charge is 2.25. The van der Waals surface area contributed by atoms with Crippen LogP contribution in [0, 0.1) is 11.8 Å². The molecule has 0 spiro atoms. The molecule has 3 heteroatoms. The molecule has 88 valence electrons. The maximum atomic E-state index is 10.7. The van der Waals surface area contributed by atoms with Crippen LogP contribution in [0.25, 0.3) is 0 Å². The van der Waals surface area contributed by atoms with Gasteiger partial charge in [-0.2, -0.15) is 0 Å². The molecule has 0 heterocycles. The molecule has 3 N–H and O–H groups in total. The Morgan fingerprint density at radius 3 is 2.33 bits per heavy atom. The molecule has 0 aliphatic heterocycles. The van der Waals surface area contributed by atoms with Crippen molar-refractivity contribution in [1.29, 1.82) is 0 Å². The molecule has 1 rings (SSSR count). The molecule has 0 atom stereocenters. The molecule has 0 saturated heterocycles. The first kappa shape index (κ1) is 12.5. The van der Waals surface area contributed by atoms with E-state index in [-0.39, 0.29) is 5.92 Å². The van der Waals surface area contributed by atoms with E-state index in [1.165, 1.54) is 19.3 Å². The summed E-state index contributed by atoms with van der Waals surface area (Å²) in [6.45, 7) is 0.797. The lowest BCUT2D eigenvalue weighted by Gasteiger charge is -2.25.